The predicted molar refractivity (Wildman–Crippen MR) is 88.9 cm³/mol. The highest BCUT2D eigenvalue weighted by Crippen LogP contribution is 2.45. The Kier molecular flexibility index (Phi) is 3.19. The largest absolute Gasteiger partial charge is 0.381 e. The molecule has 21 heavy (non-hydrogen) atoms. The fraction of sp³-hybridized carbons (Fsp3) is 0.368. The summed E-state index contributed by atoms with van der Waals surface area (Å²) in [4.78, 5) is 0. The summed E-state index contributed by atoms with van der Waals surface area (Å²) in [6.45, 7) is 4.40. The number of hydrogen-bond donors (Lipinski definition) is 2. The second-order valence-corrected chi connectivity index (χ2v) is 6.32. The summed E-state index contributed by atoms with van der Waals surface area (Å²) in [5.74, 6) is 0.646. The van der Waals surface area contributed by atoms with Gasteiger partial charge >= 0.3 is 0 Å². The van der Waals surface area contributed by atoms with Gasteiger partial charge in [0.25, 0.3) is 0 Å². The van der Waals surface area contributed by atoms with Gasteiger partial charge in [-0.3, -0.25) is 0 Å². The maximum Gasteiger partial charge on any atom is 0.0384 e. The quantitative estimate of drug-likeness (QED) is 0.826. The lowest BCUT2D eigenvalue weighted by atomic mass is 9.86. The number of fused-ring (bicyclic) bond motifs is 3. The number of nitrogens with one attached hydrogen (secondary N) is 2. The number of aryl methyl sites for hydroxylation is 1. The Morgan fingerprint density at radius 2 is 1.76 bits per heavy atom. The summed E-state index contributed by atoms with van der Waals surface area (Å²) in [5.41, 5.74) is 6.97. The molecule has 2 aliphatic rings. The van der Waals surface area contributed by atoms with Crippen molar-refractivity contribution in [3.8, 4) is 11.1 Å². The molecule has 108 valence electrons. The number of benzene rings is 2. The third-order valence-corrected chi connectivity index (χ3v) is 4.93. The molecule has 2 aromatic rings. The van der Waals surface area contributed by atoms with E-state index in [1.54, 1.807) is 0 Å². The average molecular weight is 278 g/mol. The third kappa shape index (κ3) is 2.24. The average Bonchev–Trinajstić information content (AvgIpc) is 2.70. The van der Waals surface area contributed by atoms with Crippen LogP contribution in [-0.4, -0.2) is 19.1 Å². The van der Waals surface area contributed by atoms with Gasteiger partial charge in [-0.25, -0.2) is 0 Å². The molecule has 0 saturated carbocycles. The van der Waals surface area contributed by atoms with E-state index in [4.69, 9.17) is 0 Å². The molecular weight excluding hydrogens is 256 g/mol. The lowest BCUT2D eigenvalue weighted by Gasteiger charge is -2.18. The molecule has 2 atom stereocenters. The first-order chi connectivity index (χ1) is 10.3. The van der Waals surface area contributed by atoms with E-state index < -0.39 is 0 Å². The number of rotatable bonds is 1. The van der Waals surface area contributed by atoms with E-state index in [9.17, 15) is 0 Å². The fourth-order valence-corrected chi connectivity index (χ4v) is 3.84. The Morgan fingerprint density at radius 3 is 2.62 bits per heavy atom. The molecule has 2 N–H and O–H groups in total. The summed E-state index contributed by atoms with van der Waals surface area (Å²) in [7, 11) is 0. The molecule has 0 spiro atoms. The van der Waals surface area contributed by atoms with Crippen LogP contribution in [0.3, 0.4) is 0 Å². The highest BCUT2D eigenvalue weighted by molar-refractivity contribution is 5.77. The maximum absolute atomic E-state index is 3.76. The molecule has 2 nitrogen and oxygen atoms in total. The van der Waals surface area contributed by atoms with Gasteiger partial charge in [-0.05, 0) is 55.6 Å². The molecule has 2 aromatic carbocycles. The Hall–Kier alpha value is -1.80. The van der Waals surface area contributed by atoms with Gasteiger partial charge in [-0.1, -0.05) is 42.0 Å². The molecular formula is C19H22N2. The monoisotopic (exact) mass is 278 g/mol. The highest BCUT2D eigenvalue weighted by atomic mass is 15.0. The summed E-state index contributed by atoms with van der Waals surface area (Å²) >= 11 is 0. The van der Waals surface area contributed by atoms with Gasteiger partial charge in [0.2, 0.25) is 0 Å². The normalized spacial score (nSPS) is 23.9. The van der Waals surface area contributed by atoms with Crippen LogP contribution >= 0.6 is 0 Å². The molecule has 1 fully saturated rings. The summed E-state index contributed by atoms with van der Waals surface area (Å²) < 4.78 is 0. The van der Waals surface area contributed by atoms with E-state index in [1.807, 2.05) is 0 Å². The van der Waals surface area contributed by atoms with Gasteiger partial charge in [-0.2, -0.15) is 0 Å². The van der Waals surface area contributed by atoms with Crippen molar-refractivity contribution in [3.63, 3.8) is 0 Å². The first-order valence-electron chi connectivity index (χ1n) is 8.00. The van der Waals surface area contributed by atoms with Crippen LogP contribution in [0.4, 0.5) is 5.69 Å². The van der Waals surface area contributed by atoms with Crippen molar-refractivity contribution in [1.29, 1.82) is 0 Å². The third-order valence-electron chi connectivity index (χ3n) is 4.93. The zero-order valence-corrected chi connectivity index (χ0v) is 12.5. The second kappa shape index (κ2) is 5.19. The SMILES string of the molecule is Cc1ccc(-c2cccc3c2C2CCNCCC2N3)cc1. The van der Waals surface area contributed by atoms with Gasteiger partial charge in [-0.15, -0.1) is 0 Å². The van der Waals surface area contributed by atoms with Crippen molar-refractivity contribution in [1.82, 2.24) is 5.32 Å². The fourth-order valence-electron chi connectivity index (χ4n) is 3.84. The van der Waals surface area contributed by atoms with Crippen LogP contribution in [0, 0.1) is 6.92 Å². The predicted octanol–water partition coefficient (Wildman–Crippen LogP) is 3.92. The summed E-state index contributed by atoms with van der Waals surface area (Å²) in [5, 5.41) is 7.29. The number of hydrogen-bond acceptors (Lipinski definition) is 2. The number of anilines is 1. The van der Waals surface area contributed by atoms with E-state index in [2.05, 4.69) is 60.0 Å². The van der Waals surface area contributed by atoms with Crippen LogP contribution in [0.15, 0.2) is 42.5 Å². The zero-order valence-electron chi connectivity index (χ0n) is 12.5. The van der Waals surface area contributed by atoms with Gasteiger partial charge in [0, 0.05) is 17.6 Å². The minimum atomic E-state index is 0.599. The minimum Gasteiger partial charge on any atom is -0.381 e. The molecule has 0 bridgehead atoms. The molecule has 0 aromatic heterocycles. The molecule has 0 aliphatic carbocycles. The summed E-state index contributed by atoms with van der Waals surface area (Å²) in [6.07, 6.45) is 2.44. The lowest BCUT2D eigenvalue weighted by Crippen LogP contribution is -2.21. The van der Waals surface area contributed by atoms with Crippen LogP contribution in [0.25, 0.3) is 11.1 Å². The zero-order chi connectivity index (χ0) is 14.2. The Labute approximate surface area is 126 Å². The molecule has 2 aliphatic heterocycles. The van der Waals surface area contributed by atoms with Crippen molar-refractivity contribution in [2.45, 2.75) is 31.7 Å². The first kappa shape index (κ1) is 12.9. The topological polar surface area (TPSA) is 24.1 Å². The molecule has 2 heteroatoms. The van der Waals surface area contributed by atoms with Crippen LogP contribution < -0.4 is 10.6 Å². The second-order valence-electron chi connectivity index (χ2n) is 6.32. The van der Waals surface area contributed by atoms with Crippen molar-refractivity contribution in [3.05, 3.63) is 53.6 Å². The van der Waals surface area contributed by atoms with Gasteiger partial charge in [0.05, 0.1) is 0 Å². The Balaban J connectivity index is 1.81. The Morgan fingerprint density at radius 1 is 0.952 bits per heavy atom. The first-order valence-corrected chi connectivity index (χ1v) is 8.00. The van der Waals surface area contributed by atoms with E-state index in [0.29, 0.717) is 12.0 Å². The molecule has 1 saturated heterocycles. The van der Waals surface area contributed by atoms with E-state index >= 15 is 0 Å². The molecule has 0 amide bonds. The van der Waals surface area contributed by atoms with Gasteiger partial charge in [0.1, 0.15) is 0 Å². The Bertz CT molecular complexity index is 645. The molecule has 0 radical (unpaired) electrons. The van der Waals surface area contributed by atoms with Crippen molar-refractivity contribution in [2.75, 3.05) is 18.4 Å². The lowest BCUT2D eigenvalue weighted by molar-refractivity contribution is 0.579. The van der Waals surface area contributed by atoms with Crippen molar-refractivity contribution >= 4 is 5.69 Å². The maximum atomic E-state index is 3.76. The minimum absolute atomic E-state index is 0.599. The van der Waals surface area contributed by atoms with Crippen LogP contribution in [-0.2, 0) is 0 Å². The molecule has 2 unspecified atom stereocenters. The van der Waals surface area contributed by atoms with Crippen LogP contribution in [0.1, 0.15) is 29.9 Å². The standard InChI is InChI=1S/C19H22N2/c1-13-5-7-14(8-6-13)15-3-2-4-18-19(15)16-9-11-20-12-10-17(16)21-18/h2-8,16-17,20-21H,9-12H2,1H3. The smallest absolute Gasteiger partial charge is 0.0384 e. The van der Waals surface area contributed by atoms with Crippen molar-refractivity contribution in [2.24, 2.45) is 0 Å². The summed E-state index contributed by atoms with van der Waals surface area (Å²) in [6, 6.07) is 16.2. The van der Waals surface area contributed by atoms with E-state index in [1.165, 1.54) is 40.8 Å². The highest BCUT2D eigenvalue weighted by Gasteiger charge is 2.34. The molecule has 4 rings (SSSR count). The van der Waals surface area contributed by atoms with Gasteiger partial charge in [0.15, 0.2) is 0 Å². The van der Waals surface area contributed by atoms with Crippen molar-refractivity contribution < 1.29 is 0 Å². The molecule has 2 heterocycles. The van der Waals surface area contributed by atoms with E-state index in [-0.39, 0.29) is 0 Å². The van der Waals surface area contributed by atoms with E-state index in [0.717, 1.165) is 13.1 Å². The van der Waals surface area contributed by atoms with Crippen LogP contribution in [0.2, 0.25) is 0 Å². The van der Waals surface area contributed by atoms with Gasteiger partial charge < -0.3 is 10.6 Å². The van der Waals surface area contributed by atoms with Crippen LogP contribution in [0.5, 0.6) is 0 Å².